The highest BCUT2D eigenvalue weighted by atomic mass is 16.6. The number of rotatable bonds is 4. The minimum absolute atomic E-state index is 0.0307. The van der Waals surface area contributed by atoms with E-state index in [2.05, 4.69) is 0 Å². The molecule has 0 aliphatic heterocycles. The van der Waals surface area contributed by atoms with Crippen molar-refractivity contribution >= 4 is 17.3 Å². The Hall–Kier alpha value is -2.11. The number of nitro groups is 1. The van der Waals surface area contributed by atoms with E-state index < -0.39 is 4.92 Å². The minimum atomic E-state index is -0.574. The van der Waals surface area contributed by atoms with Crippen molar-refractivity contribution in [1.82, 2.24) is 4.90 Å². The molecule has 0 radical (unpaired) electrons. The highest BCUT2D eigenvalue weighted by molar-refractivity contribution is 5.98. The van der Waals surface area contributed by atoms with Gasteiger partial charge in [0.2, 0.25) is 0 Å². The number of nitrogens with zero attached hydrogens (tertiary/aromatic N) is 2. The first kappa shape index (κ1) is 14.0. The summed E-state index contributed by atoms with van der Waals surface area (Å²) in [6.45, 7) is 4.47. The average molecular weight is 251 g/mol. The van der Waals surface area contributed by atoms with Crippen LogP contribution in [0, 0.1) is 16.0 Å². The van der Waals surface area contributed by atoms with Crippen LogP contribution in [0.3, 0.4) is 0 Å². The van der Waals surface area contributed by atoms with E-state index in [1.54, 1.807) is 7.05 Å². The molecule has 18 heavy (non-hydrogen) atoms. The van der Waals surface area contributed by atoms with Gasteiger partial charge in [0.25, 0.3) is 11.6 Å². The molecule has 6 nitrogen and oxygen atoms in total. The Bertz CT molecular complexity index is 472. The number of nitro benzene ring substituents is 1. The molecule has 0 heterocycles. The molecule has 1 rings (SSSR count). The number of hydrogen-bond donors (Lipinski definition) is 1. The number of anilines is 1. The standard InChI is InChI=1S/C12H17N3O3/c1-8(2)7-14(3)12(16)10-6-9(13)4-5-11(10)15(17)18/h4-6,8H,7,13H2,1-3H3. The molecule has 0 saturated carbocycles. The zero-order valence-electron chi connectivity index (χ0n) is 10.7. The van der Waals surface area contributed by atoms with Crippen LogP contribution in [0.4, 0.5) is 11.4 Å². The first-order valence-electron chi connectivity index (χ1n) is 5.62. The second kappa shape index (κ2) is 5.48. The zero-order valence-corrected chi connectivity index (χ0v) is 10.7. The van der Waals surface area contributed by atoms with Gasteiger partial charge in [-0.1, -0.05) is 13.8 Å². The Kier molecular flexibility index (Phi) is 4.25. The minimum Gasteiger partial charge on any atom is -0.399 e. The molecule has 0 aromatic heterocycles. The van der Waals surface area contributed by atoms with Crippen molar-refractivity contribution in [2.45, 2.75) is 13.8 Å². The summed E-state index contributed by atoms with van der Waals surface area (Å²) in [5.74, 6) is -0.0956. The van der Waals surface area contributed by atoms with Crippen molar-refractivity contribution in [3.8, 4) is 0 Å². The molecular weight excluding hydrogens is 234 g/mol. The lowest BCUT2D eigenvalue weighted by Gasteiger charge is -2.19. The molecule has 1 aromatic rings. The molecule has 0 aliphatic carbocycles. The lowest BCUT2D eigenvalue weighted by atomic mass is 10.1. The van der Waals surface area contributed by atoms with Crippen LogP contribution >= 0.6 is 0 Å². The molecule has 98 valence electrons. The molecular formula is C12H17N3O3. The summed E-state index contributed by atoms with van der Waals surface area (Å²) in [5, 5.41) is 10.9. The van der Waals surface area contributed by atoms with Gasteiger partial charge in [0, 0.05) is 25.3 Å². The molecule has 2 N–H and O–H groups in total. The predicted octanol–water partition coefficient (Wildman–Crippen LogP) is 1.91. The smallest absolute Gasteiger partial charge is 0.282 e. The van der Waals surface area contributed by atoms with Gasteiger partial charge in [-0.3, -0.25) is 14.9 Å². The molecule has 0 spiro atoms. The summed E-state index contributed by atoms with van der Waals surface area (Å²) < 4.78 is 0. The van der Waals surface area contributed by atoms with Crippen molar-refractivity contribution in [3.63, 3.8) is 0 Å². The van der Waals surface area contributed by atoms with E-state index in [-0.39, 0.29) is 17.2 Å². The van der Waals surface area contributed by atoms with Gasteiger partial charge in [0.05, 0.1) is 4.92 Å². The van der Waals surface area contributed by atoms with Gasteiger partial charge in [-0.05, 0) is 18.1 Å². The van der Waals surface area contributed by atoms with Crippen LogP contribution in [0.2, 0.25) is 0 Å². The van der Waals surface area contributed by atoms with Gasteiger partial charge in [-0.25, -0.2) is 0 Å². The van der Waals surface area contributed by atoms with Gasteiger partial charge in [-0.15, -0.1) is 0 Å². The van der Waals surface area contributed by atoms with Crippen LogP contribution in [0.1, 0.15) is 24.2 Å². The van der Waals surface area contributed by atoms with Crippen LogP contribution < -0.4 is 5.73 Å². The van der Waals surface area contributed by atoms with Gasteiger partial charge in [0.15, 0.2) is 0 Å². The van der Waals surface area contributed by atoms with Crippen molar-refractivity contribution in [2.24, 2.45) is 5.92 Å². The normalized spacial score (nSPS) is 10.4. The Labute approximate surface area is 106 Å². The molecule has 0 aliphatic rings. The molecule has 1 amide bonds. The largest absolute Gasteiger partial charge is 0.399 e. The molecule has 6 heteroatoms. The number of amides is 1. The number of carbonyl (C=O) groups excluding carboxylic acids is 1. The van der Waals surface area contributed by atoms with E-state index in [1.165, 1.54) is 23.1 Å². The van der Waals surface area contributed by atoms with E-state index >= 15 is 0 Å². The van der Waals surface area contributed by atoms with E-state index in [0.29, 0.717) is 18.2 Å². The number of benzene rings is 1. The quantitative estimate of drug-likeness (QED) is 0.502. The highest BCUT2D eigenvalue weighted by Crippen LogP contribution is 2.22. The third kappa shape index (κ3) is 3.19. The van der Waals surface area contributed by atoms with Crippen LogP contribution in [0.25, 0.3) is 0 Å². The first-order chi connectivity index (χ1) is 8.32. The van der Waals surface area contributed by atoms with Gasteiger partial charge in [-0.2, -0.15) is 0 Å². The van der Waals surface area contributed by atoms with Gasteiger partial charge >= 0.3 is 0 Å². The lowest BCUT2D eigenvalue weighted by Crippen LogP contribution is -2.30. The summed E-state index contributed by atoms with van der Waals surface area (Å²) in [6.07, 6.45) is 0. The maximum atomic E-state index is 12.1. The summed E-state index contributed by atoms with van der Waals surface area (Å²) >= 11 is 0. The summed E-state index contributed by atoms with van der Waals surface area (Å²) in [6, 6.07) is 4.01. The van der Waals surface area contributed by atoms with Crippen molar-refractivity contribution in [2.75, 3.05) is 19.3 Å². The predicted molar refractivity (Wildman–Crippen MR) is 69.3 cm³/mol. The topological polar surface area (TPSA) is 89.5 Å². The van der Waals surface area contributed by atoms with Crippen LogP contribution in [0.15, 0.2) is 18.2 Å². The number of hydrogen-bond acceptors (Lipinski definition) is 4. The van der Waals surface area contributed by atoms with Crippen LogP contribution in [0.5, 0.6) is 0 Å². The van der Waals surface area contributed by atoms with Crippen molar-refractivity contribution in [3.05, 3.63) is 33.9 Å². The summed E-state index contributed by atoms with van der Waals surface area (Å²) in [5.41, 5.74) is 5.72. The highest BCUT2D eigenvalue weighted by Gasteiger charge is 2.23. The second-order valence-corrected chi connectivity index (χ2v) is 4.61. The van der Waals surface area contributed by atoms with Crippen molar-refractivity contribution < 1.29 is 9.72 Å². The Balaban J connectivity index is 3.11. The monoisotopic (exact) mass is 251 g/mol. The van der Waals surface area contributed by atoms with Crippen molar-refractivity contribution in [1.29, 1.82) is 0 Å². The Morgan fingerprint density at radius 2 is 2.11 bits per heavy atom. The fraction of sp³-hybridized carbons (Fsp3) is 0.417. The van der Waals surface area contributed by atoms with Crippen LogP contribution in [-0.2, 0) is 0 Å². The lowest BCUT2D eigenvalue weighted by molar-refractivity contribution is -0.385. The molecule has 0 bridgehead atoms. The SMILES string of the molecule is CC(C)CN(C)C(=O)c1cc(N)ccc1[N+](=O)[O-]. The van der Waals surface area contributed by atoms with Crippen LogP contribution in [-0.4, -0.2) is 29.3 Å². The Morgan fingerprint density at radius 3 is 2.61 bits per heavy atom. The summed E-state index contributed by atoms with van der Waals surface area (Å²) in [7, 11) is 1.62. The van der Waals surface area contributed by atoms with E-state index in [9.17, 15) is 14.9 Å². The number of nitrogens with two attached hydrogens (primary N) is 1. The fourth-order valence-corrected chi connectivity index (χ4v) is 1.72. The third-order valence-electron chi connectivity index (χ3n) is 2.43. The zero-order chi connectivity index (χ0) is 13.9. The van der Waals surface area contributed by atoms with E-state index in [4.69, 9.17) is 5.73 Å². The first-order valence-corrected chi connectivity index (χ1v) is 5.62. The summed E-state index contributed by atoms with van der Waals surface area (Å²) in [4.78, 5) is 23.9. The van der Waals surface area contributed by atoms with Gasteiger partial charge in [0.1, 0.15) is 5.56 Å². The second-order valence-electron chi connectivity index (χ2n) is 4.61. The number of nitrogen functional groups attached to an aromatic ring is 1. The Morgan fingerprint density at radius 1 is 1.50 bits per heavy atom. The molecule has 0 atom stereocenters. The third-order valence-corrected chi connectivity index (χ3v) is 2.43. The molecule has 1 aromatic carbocycles. The maximum absolute atomic E-state index is 12.1. The molecule has 0 unspecified atom stereocenters. The molecule has 0 saturated heterocycles. The van der Waals surface area contributed by atoms with E-state index in [1.807, 2.05) is 13.8 Å². The fourth-order valence-electron chi connectivity index (χ4n) is 1.72. The molecule has 0 fully saturated rings. The van der Waals surface area contributed by atoms with E-state index in [0.717, 1.165) is 0 Å². The average Bonchev–Trinajstić information content (AvgIpc) is 2.26. The van der Waals surface area contributed by atoms with Gasteiger partial charge < -0.3 is 10.6 Å². The number of carbonyl (C=O) groups is 1. The maximum Gasteiger partial charge on any atom is 0.282 e.